The van der Waals surface area contributed by atoms with Crippen LogP contribution in [0.1, 0.15) is 33.1 Å². The molecule has 2 heterocycles. The van der Waals surface area contributed by atoms with Gasteiger partial charge < -0.3 is 9.55 Å². The van der Waals surface area contributed by atoms with E-state index in [1.165, 1.54) is 0 Å². The van der Waals surface area contributed by atoms with Gasteiger partial charge in [0, 0.05) is 6.04 Å². The number of fused-ring (bicyclic) bond motifs is 1. The second kappa shape index (κ2) is 3.84. The molecule has 0 saturated heterocycles. The van der Waals surface area contributed by atoms with E-state index in [4.69, 9.17) is 0 Å². The Morgan fingerprint density at radius 3 is 2.73 bits per heavy atom. The second-order valence-corrected chi connectivity index (χ2v) is 3.57. The largest absolute Gasteiger partial charge is 0.322 e. The molecule has 0 radical (unpaired) electrons. The molecule has 5 heteroatoms. The number of nitrogens with zero attached hydrogens (tertiary/aromatic N) is 3. The molecule has 0 aliphatic heterocycles. The Morgan fingerprint density at radius 1 is 1.47 bits per heavy atom. The zero-order valence-corrected chi connectivity index (χ0v) is 8.40. The second-order valence-electron chi connectivity index (χ2n) is 3.57. The molecule has 0 unspecified atom stereocenters. The van der Waals surface area contributed by atoms with Crippen molar-refractivity contribution >= 4 is 11.2 Å². The summed E-state index contributed by atoms with van der Waals surface area (Å²) in [6.07, 6.45) is 1.65. The first kappa shape index (κ1) is 11.4. The molecule has 0 atom stereocenters. The minimum atomic E-state index is -0.126. The third-order valence-corrected chi connectivity index (χ3v) is 2.11. The van der Waals surface area contributed by atoms with Gasteiger partial charge in [-0.25, -0.2) is 9.97 Å². The van der Waals surface area contributed by atoms with Gasteiger partial charge in [0.2, 0.25) is 0 Å². The Bertz CT molecular complexity index is 524. The summed E-state index contributed by atoms with van der Waals surface area (Å²) in [5, 5.41) is 0. The summed E-state index contributed by atoms with van der Waals surface area (Å²) >= 11 is 0. The third kappa shape index (κ3) is 1.77. The van der Waals surface area contributed by atoms with Crippen LogP contribution in [0.3, 0.4) is 0 Å². The first-order chi connectivity index (χ1) is 6.59. The molecule has 0 aliphatic carbocycles. The van der Waals surface area contributed by atoms with Crippen molar-refractivity contribution in [1.29, 1.82) is 0 Å². The molecule has 0 bridgehead atoms. The van der Waals surface area contributed by atoms with Crippen molar-refractivity contribution in [3.63, 3.8) is 0 Å². The highest BCUT2D eigenvalue weighted by molar-refractivity contribution is 5.69. The number of aromatic nitrogens is 4. The van der Waals surface area contributed by atoms with Gasteiger partial charge in [-0.05, 0) is 20.8 Å². The summed E-state index contributed by atoms with van der Waals surface area (Å²) in [5.41, 5.74) is 0.934. The number of imidazole rings is 1. The van der Waals surface area contributed by atoms with E-state index in [1.807, 2.05) is 18.4 Å². The molecule has 0 aliphatic rings. The van der Waals surface area contributed by atoms with Crippen molar-refractivity contribution in [3.05, 3.63) is 22.5 Å². The summed E-state index contributed by atoms with van der Waals surface area (Å²) in [6.45, 7) is 5.75. The van der Waals surface area contributed by atoms with Crippen LogP contribution in [0.25, 0.3) is 11.2 Å². The van der Waals surface area contributed by atoms with E-state index in [2.05, 4.69) is 15.0 Å². The Hall–Kier alpha value is -1.65. The van der Waals surface area contributed by atoms with Crippen molar-refractivity contribution in [1.82, 2.24) is 19.5 Å². The van der Waals surface area contributed by atoms with Gasteiger partial charge in [0.05, 0.1) is 6.33 Å². The molecule has 0 amide bonds. The van der Waals surface area contributed by atoms with Crippen LogP contribution in [0.5, 0.6) is 0 Å². The van der Waals surface area contributed by atoms with E-state index in [9.17, 15) is 4.79 Å². The smallest absolute Gasteiger partial charge is 0.277 e. The van der Waals surface area contributed by atoms with Gasteiger partial charge in [0.15, 0.2) is 11.2 Å². The number of rotatable bonds is 1. The zero-order valence-electron chi connectivity index (χ0n) is 8.40. The van der Waals surface area contributed by atoms with Crippen molar-refractivity contribution in [2.75, 3.05) is 0 Å². The number of aromatic amines is 1. The Labute approximate surface area is 88.2 Å². The summed E-state index contributed by atoms with van der Waals surface area (Å²) in [4.78, 5) is 22.5. The zero-order chi connectivity index (χ0) is 10.3. The quantitative estimate of drug-likeness (QED) is 0.775. The standard InChI is InChI=1S/C9H12N4O.CH4/c1-5(2)13-4-10-8-7(13)9(14)12-6(3)11-8;/h4-5H,1-3H3,(H,11,12,14);1H4. The van der Waals surface area contributed by atoms with E-state index in [1.54, 1.807) is 13.3 Å². The van der Waals surface area contributed by atoms with E-state index in [0.717, 1.165) is 0 Å². The lowest BCUT2D eigenvalue weighted by Crippen LogP contribution is -2.14. The molecule has 82 valence electrons. The average molecular weight is 208 g/mol. The first-order valence-corrected chi connectivity index (χ1v) is 4.53. The normalized spacial score (nSPS) is 10.7. The Balaban J connectivity index is 0.00000112. The molecule has 0 fully saturated rings. The maximum absolute atomic E-state index is 11.6. The van der Waals surface area contributed by atoms with Crippen LogP contribution in [-0.4, -0.2) is 19.5 Å². The maximum atomic E-state index is 11.6. The SMILES string of the molecule is C.Cc1nc2ncn(C(C)C)c2c(=O)[nH]1. The van der Waals surface area contributed by atoms with E-state index in [0.29, 0.717) is 17.0 Å². The molecule has 5 nitrogen and oxygen atoms in total. The molecule has 2 rings (SSSR count). The van der Waals surface area contributed by atoms with E-state index in [-0.39, 0.29) is 19.0 Å². The molecule has 0 saturated carbocycles. The fourth-order valence-electron chi connectivity index (χ4n) is 1.45. The predicted molar refractivity (Wildman–Crippen MR) is 60.0 cm³/mol. The summed E-state index contributed by atoms with van der Waals surface area (Å²) in [6, 6.07) is 0.214. The van der Waals surface area contributed by atoms with Crippen LogP contribution >= 0.6 is 0 Å². The van der Waals surface area contributed by atoms with Gasteiger partial charge in [0.1, 0.15) is 5.82 Å². The lowest BCUT2D eigenvalue weighted by molar-refractivity contribution is 0.615. The lowest BCUT2D eigenvalue weighted by atomic mass is 10.4. The van der Waals surface area contributed by atoms with Crippen LogP contribution in [0.2, 0.25) is 0 Å². The van der Waals surface area contributed by atoms with Gasteiger partial charge in [-0.3, -0.25) is 4.79 Å². The minimum absolute atomic E-state index is 0. The maximum Gasteiger partial charge on any atom is 0.277 e. The first-order valence-electron chi connectivity index (χ1n) is 4.53. The summed E-state index contributed by atoms with van der Waals surface area (Å²) in [7, 11) is 0. The fraction of sp³-hybridized carbons (Fsp3) is 0.500. The van der Waals surface area contributed by atoms with Gasteiger partial charge in [0.25, 0.3) is 5.56 Å². The topological polar surface area (TPSA) is 63.6 Å². The minimum Gasteiger partial charge on any atom is -0.322 e. The Kier molecular flexibility index (Phi) is 2.93. The van der Waals surface area contributed by atoms with Crippen molar-refractivity contribution < 1.29 is 0 Å². The third-order valence-electron chi connectivity index (χ3n) is 2.11. The van der Waals surface area contributed by atoms with E-state index >= 15 is 0 Å². The average Bonchev–Trinajstić information content (AvgIpc) is 2.47. The predicted octanol–water partition coefficient (Wildman–Crippen LogP) is 1.65. The molecule has 2 aromatic heterocycles. The summed E-state index contributed by atoms with van der Waals surface area (Å²) < 4.78 is 1.82. The van der Waals surface area contributed by atoms with Crippen molar-refractivity contribution in [2.24, 2.45) is 0 Å². The molecular weight excluding hydrogens is 192 g/mol. The van der Waals surface area contributed by atoms with Gasteiger partial charge in [-0.15, -0.1) is 0 Å². The molecule has 2 aromatic rings. The highest BCUT2D eigenvalue weighted by atomic mass is 16.1. The van der Waals surface area contributed by atoms with Crippen LogP contribution in [-0.2, 0) is 0 Å². The number of nitrogens with one attached hydrogen (secondary N) is 1. The monoisotopic (exact) mass is 208 g/mol. The summed E-state index contributed by atoms with van der Waals surface area (Å²) in [5.74, 6) is 0.594. The van der Waals surface area contributed by atoms with E-state index < -0.39 is 0 Å². The van der Waals surface area contributed by atoms with Crippen molar-refractivity contribution in [3.8, 4) is 0 Å². The fourth-order valence-corrected chi connectivity index (χ4v) is 1.45. The molecule has 0 spiro atoms. The molecule has 1 N–H and O–H groups in total. The highest BCUT2D eigenvalue weighted by Gasteiger charge is 2.10. The van der Waals surface area contributed by atoms with Crippen LogP contribution < -0.4 is 5.56 Å². The molecular formula is C10H16N4O. The highest BCUT2D eigenvalue weighted by Crippen LogP contribution is 2.11. The van der Waals surface area contributed by atoms with Crippen molar-refractivity contribution in [2.45, 2.75) is 34.2 Å². The van der Waals surface area contributed by atoms with Gasteiger partial charge in [-0.2, -0.15) is 0 Å². The molecule has 15 heavy (non-hydrogen) atoms. The number of H-pyrrole nitrogens is 1. The number of hydrogen-bond donors (Lipinski definition) is 1. The van der Waals surface area contributed by atoms with Gasteiger partial charge >= 0.3 is 0 Å². The van der Waals surface area contributed by atoms with Crippen LogP contribution in [0.15, 0.2) is 11.1 Å². The Morgan fingerprint density at radius 2 is 2.13 bits per heavy atom. The molecule has 0 aromatic carbocycles. The van der Waals surface area contributed by atoms with Crippen LogP contribution in [0, 0.1) is 6.92 Å². The van der Waals surface area contributed by atoms with Crippen LogP contribution in [0.4, 0.5) is 0 Å². The number of hydrogen-bond acceptors (Lipinski definition) is 3. The van der Waals surface area contributed by atoms with Gasteiger partial charge in [-0.1, -0.05) is 7.43 Å². The number of aryl methyl sites for hydroxylation is 1. The lowest BCUT2D eigenvalue weighted by Gasteiger charge is -2.06.